The molecule has 0 saturated carbocycles. The first-order valence-electron chi connectivity index (χ1n) is 4.63. The van der Waals surface area contributed by atoms with Crippen LogP contribution in [0.5, 0.6) is 5.75 Å². The monoisotopic (exact) mass is 246 g/mol. The second-order valence-electron chi connectivity index (χ2n) is 4.34. The first-order chi connectivity index (χ1) is 6.86. The Labute approximate surface area is 97.6 Å². The van der Waals surface area contributed by atoms with Crippen molar-refractivity contribution in [3.8, 4) is 5.75 Å². The van der Waals surface area contributed by atoms with Gasteiger partial charge in [-0.05, 0) is 33.8 Å². The van der Waals surface area contributed by atoms with Crippen molar-refractivity contribution in [2.45, 2.75) is 31.1 Å². The van der Waals surface area contributed by atoms with Gasteiger partial charge in [0.05, 0.1) is 12.0 Å². The predicted molar refractivity (Wildman–Crippen MR) is 64.0 cm³/mol. The van der Waals surface area contributed by atoms with E-state index in [9.17, 15) is 4.21 Å². The van der Waals surface area contributed by atoms with Gasteiger partial charge in [0.2, 0.25) is 0 Å². The zero-order valence-corrected chi connectivity index (χ0v) is 10.9. The quantitative estimate of drug-likeness (QED) is 0.749. The number of rotatable bonds is 2. The Hall–Kier alpha value is -0.540. The van der Waals surface area contributed by atoms with E-state index in [0.717, 1.165) is 5.56 Å². The minimum atomic E-state index is -1.54. The lowest BCUT2D eigenvalue weighted by Crippen LogP contribution is -2.11. The van der Waals surface area contributed by atoms with Gasteiger partial charge in [-0.3, -0.25) is 0 Å². The van der Waals surface area contributed by atoms with E-state index in [1.807, 2.05) is 12.1 Å². The van der Waals surface area contributed by atoms with Crippen molar-refractivity contribution in [3.05, 3.63) is 23.8 Å². The highest BCUT2D eigenvalue weighted by molar-refractivity contribution is 8.08. The Morgan fingerprint density at radius 2 is 1.93 bits per heavy atom. The summed E-state index contributed by atoms with van der Waals surface area (Å²) >= 11 is 0. The molecule has 84 valence electrons. The highest BCUT2D eigenvalue weighted by Gasteiger charge is 2.17. The molecule has 0 aliphatic rings. The maximum atomic E-state index is 11.3. The van der Waals surface area contributed by atoms with Crippen LogP contribution >= 0.6 is 10.7 Å². The Bertz CT molecular complexity index is 383. The van der Waals surface area contributed by atoms with Gasteiger partial charge in [-0.15, -0.1) is 0 Å². The van der Waals surface area contributed by atoms with E-state index in [4.69, 9.17) is 15.4 Å². The summed E-state index contributed by atoms with van der Waals surface area (Å²) in [6, 6.07) is 5.60. The highest BCUT2D eigenvalue weighted by Crippen LogP contribution is 2.30. The zero-order chi connectivity index (χ0) is 11.6. The van der Waals surface area contributed by atoms with Gasteiger partial charge in [-0.25, -0.2) is 4.21 Å². The summed E-state index contributed by atoms with van der Waals surface area (Å²) in [5.41, 5.74) is 1.10. The molecule has 1 rings (SSSR count). The van der Waals surface area contributed by atoms with E-state index < -0.39 is 10.0 Å². The first-order valence-corrected chi connectivity index (χ1v) is 6.60. The molecule has 0 aliphatic carbocycles. The Morgan fingerprint density at radius 1 is 1.33 bits per heavy atom. The molecule has 1 aromatic carbocycles. The van der Waals surface area contributed by atoms with E-state index in [2.05, 4.69) is 20.8 Å². The molecule has 0 fully saturated rings. The number of halogens is 1. The number of hydrogen-bond donors (Lipinski definition) is 0. The Balaban J connectivity index is 3.28. The summed E-state index contributed by atoms with van der Waals surface area (Å²) in [6.45, 7) is 6.28. The fraction of sp³-hybridized carbons (Fsp3) is 0.455. The van der Waals surface area contributed by atoms with Crippen molar-refractivity contribution >= 4 is 20.7 Å². The van der Waals surface area contributed by atoms with Gasteiger partial charge in [0.25, 0.3) is 0 Å². The van der Waals surface area contributed by atoms with Crippen molar-refractivity contribution in [2.75, 3.05) is 7.11 Å². The van der Waals surface area contributed by atoms with E-state index in [0.29, 0.717) is 10.6 Å². The van der Waals surface area contributed by atoms with Crippen molar-refractivity contribution in [1.82, 2.24) is 0 Å². The molecule has 2 nitrogen and oxygen atoms in total. The lowest BCUT2D eigenvalue weighted by atomic mass is 9.87. The molecule has 0 heterocycles. The molecule has 0 aliphatic heterocycles. The largest absolute Gasteiger partial charge is 0.495 e. The van der Waals surface area contributed by atoms with Crippen LogP contribution in [-0.2, 0) is 15.4 Å². The third-order valence-electron chi connectivity index (χ3n) is 2.20. The maximum absolute atomic E-state index is 11.3. The van der Waals surface area contributed by atoms with Crippen LogP contribution in [0, 0.1) is 0 Å². The molecule has 1 atom stereocenters. The zero-order valence-electron chi connectivity index (χ0n) is 9.33. The third kappa shape index (κ3) is 2.95. The highest BCUT2D eigenvalue weighted by atomic mass is 35.7. The van der Waals surface area contributed by atoms with E-state index >= 15 is 0 Å². The second-order valence-corrected chi connectivity index (χ2v) is 6.07. The molecule has 1 aromatic rings. The number of ether oxygens (including phenoxy) is 1. The van der Waals surface area contributed by atoms with Crippen LogP contribution < -0.4 is 4.74 Å². The fourth-order valence-corrected chi connectivity index (χ4v) is 2.16. The van der Waals surface area contributed by atoms with E-state index in [-0.39, 0.29) is 5.41 Å². The molecule has 0 aromatic heterocycles. The van der Waals surface area contributed by atoms with Gasteiger partial charge in [-0.2, -0.15) is 0 Å². The van der Waals surface area contributed by atoms with Gasteiger partial charge in [0.15, 0.2) is 10.0 Å². The summed E-state index contributed by atoms with van der Waals surface area (Å²) in [6.07, 6.45) is 0. The average molecular weight is 247 g/mol. The van der Waals surface area contributed by atoms with E-state index in [1.54, 1.807) is 13.2 Å². The molecule has 15 heavy (non-hydrogen) atoms. The molecule has 1 unspecified atom stereocenters. The van der Waals surface area contributed by atoms with Crippen LogP contribution in [0.15, 0.2) is 23.1 Å². The van der Waals surface area contributed by atoms with Crippen LogP contribution in [0.3, 0.4) is 0 Å². The lowest BCUT2D eigenvalue weighted by Gasteiger charge is -2.20. The summed E-state index contributed by atoms with van der Waals surface area (Å²) < 4.78 is 16.4. The van der Waals surface area contributed by atoms with Crippen LogP contribution in [0.25, 0.3) is 0 Å². The van der Waals surface area contributed by atoms with Gasteiger partial charge < -0.3 is 4.74 Å². The number of benzene rings is 1. The van der Waals surface area contributed by atoms with Crippen LogP contribution in [0.4, 0.5) is 0 Å². The predicted octanol–water partition coefficient (Wildman–Crippen LogP) is 3.25. The summed E-state index contributed by atoms with van der Waals surface area (Å²) in [4.78, 5) is 0.534. The lowest BCUT2D eigenvalue weighted by molar-refractivity contribution is 0.403. The molecule has 0 saturated heterocycles. The van der Waals surface area contributed by atoms with Crippen LogP contribution in [0.1, 0.15) is 26.3 Å². The van der Waals surface area contributed by atoms with E-state index in [1.165, 1.54) is 0 Å². The molecule has 0 N–H and O–H groups in total. The van der Waals surface area contributed by atoms with Gasteiger partial charge >= 0.3 is 0 Å². The number of hydrogen-bond acceptors (Lipinski definition) is 2. The summed E-state index contributed by atoms with van der Waals surface area (Å²) in [5, 5.41) is 0. The third-order valence-corrected chi connectivity index (χ3v) is 3.37. The molecule has 4 heteroatoms. The van der Waals surface area contributed by atoms with Gasteiger partial charge in [0, 0.05) is 0 Å². The van der Waals surface area contributed by atoms with Crippen LogP contribution in [-0.4, -0.2) is 11.3 Å². The summed E-state index contributed by atoms with van der Waals surface area (Å²) in [7, 11) is 5.60. The average Bonchev–Trinajstić information content (AvgIpc) is 2.15. The van der Waals surface area contributed by atoms with Crippen molar-refractivity contribution in [3.63, 3.8) is 0 Å². The minimum Gasteiger partial charge on any atom is -0.495 e. The Morgan fingerprint density at radius 3 is 2.33 bits per heavy atom. The van der Waals surface area contributed by atoms with Crippen molar-refractivity contribution in [1.29, 1.82) is 0 Å². The second kappa shape index (κ2) is 4.54. The minimum absolute atomic E-state index is 0.0112. The molecular formula is C11H15ClO2S. The SMILES string of the molecule is COc1ccc(C(C)(C)C)cc1S(=O)Cl. The molecular weight excluding hydrogens is 232 g/mol. The Kier molecular flexibility index (Phi) is 3.79. The topological polar surface area (TPSA) is 26.3 Å². The van der Waals surface area contributed by atoms with Gasteiger partial charge in [-0.1, -0.05) is 26.8 Å². The van der Waals surface area contributed by atoms with Gasteiger partial charge in [0.1, 0.15) is 5.75 Å². The standard InChI is InChI=1S/C11H15ClO2S/c1-11(2,3)8-5-6-9(14-4)10(7-8)15(12)13/h5-7H,1-4H3. The van der Waals surface area contributed by atoms with Crippen LogP contribution in [0.2, 0.25) is 0 Å². The smallest absolute Gasteiger partial charge is 0.151 e. The first kappa shape index (κ1) is 12.5. The molecule has 0 amide bonds. The maximum Gasteiger partial charge on any atom is 0.151 e. The molecule has 0 bridgehead atoms. The normalized spacial score (nSPS) is 13.7. The number of methoxy groups -OCH3 is 1. The molecule has 0 spiro atoms. The van der Waals surface area contributed by atoms with Crippen molar-refractivity contribution in [2.24, 2.45) is 0 Å². The summed E-state index contributed by atoms with van der Waals surface area (Å²) in [5.74, 6) is 0.566. The molecule has 0 radical (unpaired) electrons. The van der Waals surface area contributed by atoms with Crippen molar-refractivity contribution < 1.29 is 8.95 Å². The fourth-order valence-electron chi connectivity index (χ4n) is 1.27.